The van der Waals surface area contributed by atoms with Crippen molar-refractivity contribution in [1.82, 2.24) is 0 Å². The number of hydrogen-bond acceptors (Lipinski definition) is 0. The SMILES string of the molecule is Cc1ccc(CC(Br)C2C3CC4CC(C3)CC2C4)cc1C. The standard InChI is InChI=1S/C20H27Br/c1-12-3-4-14(5-13(12)2)11-19(21)20-17-7-15-6-16(9-17)10-18(20)8-15/h3-5,15-20H,6-11H2,1-2H3. The zero-order valence-electron chi connectivity index (χ0n) is 13.3. The first kappa shape index (κ1) is 14.3. The molecule has 0 amide bonds. The third-order valence-electron chi connectivity index (χ3n) is 6.72. The fourth-order valence-electron chi connectivity index (χ4n) is 5.85. The maximum atomic E-state index is 4.11. The van der Waals surface area contributed by atoms with Crippen LogP contribution in [-0.4, -0.2) is 4.83 Å². The van der Waals surface area contributed by atoms with Gasteiger partial charge >= 0.3 is 0 Å². The number of alkyl halides is 1. The molecule has 4 fully saturated rings. The quantitative estimate of drug-likeness (QED) is 0.617. The Morgan fingerprint density at radius 3 is 2.14 bits per heavy atom. The van der Waals surface area contributed by atoms with Gasteiger partial charge in [0.15, 0.2) is 0 Å². The lowest BCUT2D eigenvalue weighted by molar-refractivity contribution is -0.0360. The third-order valence-corrected chi connectivity index (χ3v) is 7.65. The highest BCUT2D eigenvalue weighted by atomic mass is 79.9. The third kappa shape index (κ3) is 2.60. The van der Waals surface area contributed by atoms with Crippen molar-refractivity contribution in [1.29, 1.82) is 0 Å². The molecule has 4 saturated carbocycles. The van der Waals surface area contributed by atoms with Crippen LogP contribution < -0.4 is 0 Å². The first-order valence-corrected chi connectivity index (χ1v) is 9.72. The molecule has 0 saturated heterocycles. The van der Waals surface area contributed by atoms with Gasteiger partial charge in [0.2, 0.25) is 0 Å². The summed E-state index contributed by atoms with van der Waals surface area (Å²) >= 11 is 4.11. The number of halogens is 1. The van der Waals surface area contributed by atoms with Gasteiger partial charge in [-0.2, -0.15) is 0 Å². The van der Waals surface area contributed by atoms with Gasteiger partial charge in [-0.25, -0.2) is 0 Å². The van der Waals surface area contributed by atoms with Gasteiger partial charge in [-0.1, -0.05) is 34.1 Å². The molecule has 4 aliphatic rings. The zero-order valence-corrected chi connectivity index (χ0v) is 14.9. The second-order valence-electron chi connectivity index (χ2n) is 8.15. The summed E-state index contributed by atoms with van der Waals surface area (Å²) in [5, 5.41) is 0. The van der Waals surface area contributed by atoms with E-state index in [9.17, 15) is 0 Å². The molecule has 21 heavy (non-hydrogen) atoms. The maximum absolute atomic E-state index is 4.11. The van der Waals surface area contributed by atoms with Crippen LogP contribution in [0.3, 0.4) is 0 Å². The molecule has 5 rings (SSSR count). The predicted molar refractivity (Wildman–Crippen MR) is 92.9 cm³/mol. The first-order chi connectivity index (χ1) is 10.1. The van der Waals surface area contributed by atoms with Crippen LogP contribution in [0.1, 0.15) is 48.8 Å². The van der Waals surface area contributed by atoms with Gasteiger partial charge < -0.3 is 0 Å². The summed E-state index contributed by atoms with van der Waals surface area (Å²) < 4.78 is 0. The van der Waals surface area contributed by atoms with E-state index in [1.807, 2.05) is 0 Å². The Morgan fingerprint density at radius 1 is 0.952 bits per heavy atom. The van der Waals surface area contributed by atoms with E-state index in [0.717, 1.165) is 29.6 Å². The number of rotatable bonds is 3. The van der Waals surface area contributed by atoms with Crippen LogP contribution in [0.15, 0.2) is 18.2 Å². The van der Waals surface area contributed by atoms with Gasteiger partial charge in [-0.3, -0.25) is 0 Å². The average Bonchev–Trinajstić information content (AvgIpc) is 2.41. The largest absolute Gasteiger partial charge is 0.0884 e. The van der Waals surface area contributed by atoms with Crippen LogP contribution >= 0.6 is 15.9 Å². The van der Waals surface area contributed by atoms with Crippen LogP contribution in [0.2, 0.25) is 0 Å². The second-order valence-corrected chi connectivity index (χ2v) is 9.32. The van der Waals surface area contributed by atoms with Crippen molar-refractivity contribution < 1.29 is 0 Å². The molecule has 4 bridgehead atoms. The second kappa shape index (κ2) is 5.41. The summed E-state index contributed by atoms with van der Waals surface area (Å²) in [6.45, 7) is 4.45. The minimum Gasteiger partial charge on any atom is -0.0884 e. The molecular weight excluding hydrogens is 320 g/mol. The van der Waals surface area contributed by atoms with E-state index < -0.39 is 0 Å². The van der Waals surface area contributed by atoms with Crippen LogP contribution in [0.4, 0.5) is 0 Å². The van der Waals surface area contributed by atoms with E-state index >= 15 is 0 Å². The molecule has 1 heteroatoms. The van der Waals surface area contributed by atoms with Crippen molar-refractivity contribution >= 4 is 15.9 Å². The molecule has 0 aromatic heterocycles. The molecule has 0 heterocycles. The average molecular weight is 347 g/mol. The summed E-state index contributed by atoms with van der Waals surface area (Å²) in [7, 11) is 0. The smallest absolute Gasteiger partial charge is 0.0219 e. The molecule has 1 aromatic rings. The monoisotopic (exact) mass is 346 g/mol. The topological polar surface area (TPSA) is 0 Å². The fourth-order valence-corrected chi connectivity index (χ4v) is 7.09. The lowest BCUT2D eigenvalue weighted by Gasteiger charge is -2.55. The fraction of sp³-hybridized carbons (Fsp3) is 0.700. The molecule has 4 aliphatic carbocycles. The van der Waals surface area contributed by atoms with Gasteiger partial charge in [-0.05, 0) is 98.7 Å². The molecule has 114 valence electrons. The number of benzene rings is 1. The minimum absolute atomic E-state index is 0.689. The van der Waals surface area contributed by atoms with Gasteiger partial charge in [0.05, 0.1) is 0 Å². The Kier molecular flexibility index (Phi) is 3.68. The summed E-state index contributed by atoms with van der Waals surface area (Å²) in [4.78, 5) is 0.689. The highest BCUT2D eigenvalue weighted by molar-refractivity contribution is 9.09. The Hall–Kier alpha value is -0.300. The summed E-state index contributed by atoms with van der Waals surface area (Å²) in [5.74, 6) is 5.17. The number of hydrogen-bond donors (Lipinski definition) is 0. The molecule has 0 N–H and O–H groups in total. The van der Waals surface area contributed by atoms with Crippen molar-refractivity contribution in [3.63, 3.8) is 0 Å². The van der Waals surface area contributed by atoms with Crippen molar-refractivity contribution in [3.05, 3.63) is 34.9 Å². The lowest BCUT2D eigenvalue weighted by atomic mass is 9.51. The minimum atomic E-state index is 0.689. The Morgan fingerprint density at radius 2 is 1.57 bits per heavy atom. The van der Waals surface area contributed by atoms with Crippen molar-refractivity contribution in [2.45, 2.75) is 57.2 Å². The lowest BCUT2D eigenvalue weighted by Crippen LogP contribution is -2.48. The molecule has 1 aromatic carbocycles. The Bertz CT molecular complexity index is 505. The molecule has 1 atom stereocenters. The van der Waals surface area contributed by atoms with Crippen molar-refractivity contribution in [2.24, 2.45) is 29.6 Å². The van der Waals surface area contributed by atoms with E-state index in [1.54, 1.807) is 6.42 Å². The van der Waals surface area contributed by atoms with Gasteiger partial charge in [-0.15, -0.1) is 0 Å². The van der Waals surface area contributed by atoms with Gasteiger partial charge in [0.1, 0.15) is 0 Å². The summed E-state index contributed by atoms with van der Waals surface area (Å²) in [5.41, 5.74) is 4.38. The maximum Gasteiger partial charge on any atom is 0.0219 e. The van der Waals surface area contributed by atoms with Crippen LogP contribution in [0.5, 0.6) is 0 Å². The molecule has 0 aliphatic heterocycles. The van der Waals surface area contributed by atoms with Crippen LogP contribution in [-0.2, 0) is 6.42 Å². The predicted octanol–water partition coefficient (Wildman–Crippen LogP) is 5.68. The highest BCUT2D eigenvalue weighted by Gasteiger charge is 2.49. The molecule has 1 unspecified atom stereocenters. The normalized spacial score (nSPS) is 38.7. The van der Waals surface area contributed by atoms with Crippen LogP contribution in [0.25, 0.3) is 0 Å². The van der Waals surface area contributed by atoms with Crippen molar-refractivity contribution in [2.75, 3.05) is 0 Å². The molecule has 0 spiro atoms. The summed E-state index contributed by atoms with van der Waals surface area (Å²) in [6.07, 6.45) is 8.91. The Labute approximate surface area is 137 Å². The van der Waals surface area contributed by atoms with Crippen molar-refractivity contribution in [3.8, 4) is 0 Å². The van der Waals surface area contributed by atoms with E-state index in [2.05, 4.69) is 48.0 Å². The summed E-state index contributed by atoms with van der Waals surface area (Å²) in [6, 6.07) is 7.04. The Balaban J connectivity index is 1.49. The molecule has 0 radical (unpaired) electrons. The van der Waals surface area contributed by atoms with Gasteiger partial charge in [0, 0.05) is 4.83 Å². The zero-order chi connectivity index (χ0) is 14.6. The number of aryl methyl sites for hydroxylation is 2. The van der Waals surface area contributed by atoms with Crippen LogP contribution in [0, 0.1) is 43.4 Å². The molecular formula is C20H27Br. The highest BCUT2D eigenvalue weighted by Crippen LogP contribution is 2.58. The first-order valence-electron chi connectivity index (χ1n) is 8.80. The van der Waals surface area contributed by atoms with E-state index in [-0.39, 0.29) is 0 Å². The van der Waals surface area contributed by atoms with Gasteiger partial charge in [0.25, 0.3) is 0 Å². The van der Waals surface area contributed by atoms with E-state index in [4.69, 9.17) is 0 Å². The molecule has 0 nitrogen and oxygen atoms in total. The van der Waals surface area contributed by atoms with E-state index in [1.165, 1.54) is 48.8 Å². The van der Waals surface area contributed by atoms with E-state index in [0.29, 0.717) is 4.83 Å².